The Balaban J connectivity index is 1.36. The monoisotopic (exact) mass is 493 g/mol. The van der Waals surface area contributed by atoms with E-state index in [0.29, 0.717) is 36.4 Å². The van der Waals surface area contributed by atoms with Gasteiger partial charge < -0.3 is 20.5 Å². The first kappa shape index (κ1) is 25.2. The highest BCUT2D eigenvalue weighted by atomic mass is 16.5. The molecule has 1 aliphatic rings. The number of nitrogens with one attached hydrogen (secondary N) is 2. The Labute approximate surface area is 209 Å². The van der Waals surface area contributed by atoms with E-state index in [1.165, 1.54) is 0 Å². The number of nitrogens with zero attached hydrogens (tertiary/aromatic N) is 5. The number of aryl methyl sites for hydroxylation is 1. The molecule has 11 heteroatoms. The lowest BCUT2D eigenvalue weighted by atomic mass is 9.86. The molecule has 36 heavy (non-hydrogen) atoms. The summed E-state index contributed by atoms with van der Waals surface area (Å²) in [4.78, 5) is 37.3. The topological polar surface area (TPSA) is 144 Å². The van der Waals surface area contributed by atoms with Gasteiger partial charge in [-0.2, -0.15) is 0 Å². The third-order valence-electron chi connectivity index (χ3n) is 6.22. The molecule has 0 unspecified atom stereocenters. The molecule has 0 spiro atoms. The zero-order valence-corrected chi connectivity index (χ0v) is 20.5. The lowest BCUT2D eigenvalue weighted by Crippen LogP contribution is -2.39. The van der Waals surface area contributed by atoms with Crippen molar-refractivity contribution in [2.45, 2.75) is 51.7 Å². The number of ether oxygens (including phenoxy) is 1. The highest BCUT2D eigenvalue weighted by Crippen LogP contribution is 2.26. The van der Waals surface area contributed by atoms with Crippen LogP contribution in [0.4, 0.5) is 0 Å². The van der Waals surface area contributed by atoms with Crippen molar-refractivity contribution in [1.29, 1.82) is 0 Å². The van der Waals surface area contributed by atoms with Crippen molar-refractivity contribution in [3.05, 3.63) is 53.7 Å². The minimum Gasteiger partial charge on any atom is -0.497 e. The molecule has 2 heterocycles. The summed E-state index contributed by atoms with van der Waals surface area (Å²) in [5, 5.41) is 19.2. The number of hydrogen-bond donors (Lipinski definition) is 3. The molecule has 3 N–H and O–H groups in total. The largest absolute Gasteiger partial charge is 0.497 e. The molecule has 4 rings (SSSR count). The van der Waals surface area contributed by atoms with E-state index in [4.69, 9.17) is 9.84 Å². The van der Waals surface area contributed by atoms with Crippen LogP contribution in [-0.4, -0.2) is 61.4 Å². The molecule has 0 radical (unpaired) electrons. The molecular weight excluding hydrogens is 462 g/mol. The molecule has 1 aromatic carbocycles. The molecule has 190 valence electrons. The molecule has 11 nitrogen and oxygen atoms in total. The van der Waals surface area contributed by atoms with Gasteiger partial charge in [-0.25, -0.2) is 15.0 Å². The highest BCUT2D eigenvalue weighted by molar-refractivity contribution is 5.93. The van der Waals surface area contributed by atoms with Crippen molar-refractivity contribution in [2.24, 2.45) is 5.92 Å². The van der Waals surface area contributed by atoms with Crippen LogP contribution in [0.25, 0.3) is 11.5 Å². The molecule has 0 bridgehead atoms. The first-order chi connectivity index (χ1) is 17.4. The average Bonchev–Trinajstić information content (AvgIpc) is 3.36. The van der Waals surface area contributed by atoms with Gasteiger partial charge in [0.2, 0.25) is 5.91 Å². The van der Waals surface area contributed by atoms with Crippen LogP contribution in [-0.2, 0) is 17.9 Å². The van der Waals surface area contributed by atoms with E-state index < -0.39 is 6.61 Å². The second-order valence-electron chi connectivity index (χ2n) is 8.95. The van der Waals surface area contributed by atoms with Gasteiger partial charge in [0.1, 0.15) is 35.9 Å². The molecule has 3 aromatic rings. The minimum atomic E-state index is -0.476. The molecule has 2 aromatic heterocycles. The van der Waals surface area contributed by atoms with Crippen LogP contribution in [0.1, 0.15) is 47.6 Å². The maximum absolute atomic E-state index is 12.8. The molecule has 0 saturated heterocycles. The first-order valence-corrected chi connectivity index (χ1v) is 12.0. The fourth-order valence-electron chi connectivity index (χ4n) is 4.38. The molecule has 1 fully saturated rings. The van der Waals surface area contributed by atoms with Gasteiger partial charge in [0.25, 0.3) is 5.91 Å². The van der Waals surface area contributed by atoms with Gasteiger partial charge in [0, 0.05) is 19.1 Å². The second kappa shape index (κ2) is 11.7. The van der Waals surface area contributed by atoms with E-state index >= 15 is 0 Å². The Bertz CT molecular complexity index is 1200. The van der Waals surface area contributed by atoms with Crippen molar-refractivity contribution in [1.82, 2.24) is 35.4 Å². The zero-order chi connectivity index (χ0) is 25.5. The lowest BCUT2D eigenvalue weighted by molar-refractivity contribution is -0.124. The Morgan fingerprint density at radius 3 is 2.72 bits per heavy atom. The van der Waals surface area contributed by atoms with Crippen LogP contribution in [0.15, 0.2) is 36.7 Å². The van der Waals surface area contributed by atoms with Crippen LogP contribution >= 0.6 is 0 Å². The fraction of sp³-hybridized carbons (Fsp3) is 0.440. The third-order valence-corrected chi connectivity index (χ3v) is 6.22. The van der Waals surface area contributed by atoms with E-state index in [1.807, 2.05) is 24.3 Å². The second-order valence-corrected chi connectivity index (χ2v) is 8.95. The van der Waals surface area contributed by atoms with Crippen molar-refractivity contribution in [3.8, 4) is 17.3 Å². The summed E-state index contributed by atoms with van der Waals surface area (Å²) >= 11 is 0. The normalized spacial score (nSPS) is 17.4. The molecule has 0 aliphatic heterocycles. The molecule has 2 amide bonds. The maximum atomic E-state index is 12.8. The van der Waals surface area contributed by atoms with E-state index in [2.05, 4.69) is 30.7 Å². The summed E-state index contributed by atoms with van der Waals surface area (Å²) in [5.41, 5.74) is 1.65. The number of carbonyl (C=O) groups excluding carboxylic acids is 2. The summed E-state index contributed by atoms with van der Waals surface area (Å²) < 4.78 is 7.02. The third kappa shape index (κ3) is 6.63. The number of rotatable bonds is 9. The molecule has 1 saturated carbocycles. The fourth-order valence-corrected chi connectivity index (χ4v) is 4.38. The molecule has 1 aliphatic carbocycles. The standard InChI is InChI=1S/C25H31N7O4/c1-16-28-21(11-22(29-16)25(35)26-12-18-4-3-5-20(10-18)36-2)24-27-15-32(31-24)13-17-6-8-19(9-7-17)30-23(34)14-33/h3-5,10-11,15,17,19,33H,6-9,12-14H2,1-2H3,(H,26,35)(H,30,34). The molecule has 0 atom stereocenters. The number of methoxy groups -OCH3 is 1. The Morgan fingerprint density at radius 2 is 1.97 bits per heavy atom. The summed E-state index contributed by atoms with van der Waals surface area (Å²) in [5.74, 6) is 1.41. The number of benzene rings is 1. The van der Waals surface area contributed by atoms with Gasteiger partial charge in [-0.15, -0.1) is 5.10 Å². The predicted molar refractivity (Wildman–Crippen MR) is 131 cm³/mol. The van der Waals surface area contributed by atoms with Gasteiger partial charge >= 0.3 is 0 Å². The van der Waals surface area contributed by atoms with E-state index in [9.17, 15) is 9.59 Å². The van der Waals surface area contributed by atoms with E-state index in [0.717, 1.165) is 37.0 Å². The average molecular weight is 494 g/mol. The summed E-state index contributed by atoms with van der Waals surface area (Å²) in [6.07, 6.45) is 5.33. The first-order valence-electron chi connectivity index (χ1n) is 12.0. The number of aromatic nitrogens is 5. The summed E-state index contributed by atoms with van der Waals surface area (Å²) in [6, 6.07) is 9.21. The van der Waals surface area contributed by atoms with Crippen molar-refractivity contribution < 1.29 is 19.4 Å². The number of aliphatic hydroxyl groups is 1. The van der Waals surface area contributed by atoms with Crippen LogP contribution in [0.3, 0.4) is 0 Å². The predicted octanol–water partition coefficient (Wildman–Crippen LogP) is 1.65. The van der Waals surface area contributed by atoms with E-state index in [-0.39, 0.29) is 23.6 Å². The van der Waals surface area contributed by atoms with E-state index in [1.54, 1.807) is 31.1 Å². The van der Waals surface area contributed by atoms with Crippen LogP contribution in [0.5, 0.6) is 5.75 Å². The van der Waals surface area contributed by atoms with Crippen LogP contribution in [0, 0.1) is 12.8 Å². The minimum absolute atomic E-state index is 0.115. The van der Waals surface area contributed by atoms with Crippen molar-refractivity contribution >= 4 is 11.8 Å². The van der Waals surface area contributed by atoms with Gasteiger partial charge in [-0.1, -0.05) is 12.1 Å². The van der Waals surface area contributed by atoms with Gasteiger partial charge in [0.15, 0.2) is 5.82 Å². The van der Waals surface area contributed by atoms with Crippen molar-refractivity contribution in [2.75, 3.05) is 13.7 Å². The quantitative estimate of drug-likeness (QED) is 0.408. The number of carbonyl (C=O) groups is 2. The lowest BCUT2D eigenvalue weighted by Gasteiger charge is -2.28. The SMILES string of the molecule is COc1cccc(CNC(=O)c2cc(-c3ncn(CC4CCC(NC(=O)CO)CC4)n3)nc(C)n2)c1. The van der Waals surface area contributed by atoms with Crippen molar-refractivity contribution in [3.63, 3.8) is 0 Å². The summed E-state index contributed by atoms with van der Waals surface area (Å²) in [6.45, 7) is 2.31. The number of amides is 2. The number of hydrogen-bond acceptors (Lipinski definition) is 8. The van der Waals surface area contributed by atoms with Gasteiger partial charge in [0.05, 0.1) is 7.11 Å². The maximum Gasteiger partial charge on any atom is 0.270 e. The number of aliphatic hydroxyl groups excluding tert-OH is 1. The summed E-state index contributed by atoms with van der Waals surface area (Å²) in [7, 11) is 1.60. The Morgan fingerprint density at radius 1 is 1.17 bits per heavy atom. The highest BCUT2D eigenvalue weighted by Gasteiger charge is 2.23. The van der Waals surface area contributed by atoms with Crippen LogP contribution in [0.2, 0.25) is 0 Å². The Hall–Kier alpha value is -3.86. The van der Waals surface area contributed by atoms with Crippen LogP contribution < -0.4 is 15.4 Å². The van der Waals surface area contributed by atoms with Gasteiger partial charge in [-0.05, 0) is 62.3 Å². The smallest absolute Gasteiger partial charge is 0.270 e. The molecular formula is C25H31N7O4. The zero-order valence-electron chi connectivity index (χ0n) is 20.5. The Kier molecular flexibility index (Phi) is 8.21. The van der Waals surface area contributed by atoms with Gasteiger partial charge in [-0.3, -0.25) is 14.3 Å².